The average molecular weight is 185 g/mol. The molecule has 13 heavy (non-hydrogen) atoms. The Labute approximate surface area is 82.1 Å². The van der Waals surface area contributed by atoms with Crippen molar-refractivity contribution in [1.29, 1.82) is 0 Å². The Kier molecular flexibility index (Phi) is 4.70. The highest BCUT2D eigenvalue weighted by atomic mass is 15.2. The fraction of sp³-hybridized carbons (Fsp3) is 1.00. The molecule has 1 aliphatic heterocycles. The van der Waals surface area contributed by atoms with Crippen molar-refractivity contribution in [3.05, 3.63) is 0 Å². The lowest BCUT2D eigenvalue weighted by molar-refractivity contribution is 0.145. The molecule has 1 saturated heterocycles. The Morgan fingerprint density at radius 1 is 1.38 bits per heavy atom. The molecule has 1 rings (SSSR count). The van der Waals surface area contributed by atoms with Crippen molar-refractivity contribution in [2.24, 2.45) is 0 Å². The summed E-state index contributed by atoms with van der Waals surface area (Å²) in [7, 11) is 2.23. The Balaban J connectivity index is 2.32. The fourth-order valence-corrected chi connectivity index (χ4v) is 1.85. The first-order chi connectivity index (χ1) is 6.27. The predicted molar refractivity (Wildman–Crippen MR) is 57.1 cm³/mol. The molecule has 1 aliphatic rings. The summed E-state index contributed by atoms with van der Waals surface area (Å²) in [4.78, 5) is 4.96. The minimum Gasteiger partial charge on any atom is -0.314 e. The second-order valence-electron chi connectivity index (χ2n) is 3.82. The quantitative estimate of drug-likeness (QED) is 0.676. The van der Waals surface area contributed by atoms with Crippen LogP contribution in [0.25, 0.3) is 0 Å². The van der Waals surface area contributed by atoms with Crippen LogP contribution in [-0.2, 0) is 0 Å². The van der Waals surface area contributed by atoms with Gasteiger partial charge in [0, 0.05) is 32.2 Å². The zero-order valence-electron chi connectivity index (χ0n) is 9.21. The molecular weight excluding hydrogens is 162 g/mol. The van der Waals surface area contributed by atoms with Crippen molar-refractivity contribution in [1.82, 2.24) is 15.1 Å². The molecule has 1 fully saturated rings. The maximum Gasteiger partial charge on any atom is 0.0345 e. The summed E-state index contributed by atoms with van der Waals surface area (Å²) in [5, 5.41) is 3.45. The monoisotopic (exact) mass is 185 g/mol. The summed E-state index contributed by atoms with van der Waals surface area (Å²) in [6.07, 6.45) is 0. The van der Waals surface area contributed by atoms with Gasteiger partial charge >= 0.3 is 0 Å². The molecule has 0 aromatic heterocycles. The number of likely N-dealkylation sites (N-methyl/N-ethyl adjacent to an activating group) is 2. The van der Waals surface area contributed by atoms with Crippen LogP contribution in [0, 0.1) is 0 Å². The second kappa shape index (κ2) is 5.58. The van der Waals surface area contributed by atoms with Gasteiger partial charge in [-0.25, -0.2) is 0 Å². The van der Waals surface area contributed by atoms with Crippen LogP contribution in [0.1, 0.15) is 13.8 Å². The highest BCUT2D eigenvalue weighted by Crippen LogP contribution is 2.02. The predicted octanol–water partition coefficient (Wildman–Crippen LogP) is 0.232. The van der Waals surface area contributed by atoms with Gasteiger partial charge in [-0.2, -0.15) is 0 Å². The van der Waals surface area contributed by atoms with Gasteiger partial charge < -0.3 is 10.2 Å². The Morgan fingerprint density at radius 3 is 2.62 bits per heavy atom. The molecule has 0 radical (unpaired) electrons. The van der Waals surface area contributed by atoms with E-state index in [1.165, 1.54) is 26.2 Å². The van der Waals surface area contributed by atoms with Gasteiger partial charge in [-0.1, -0.05) is 13.8 Å². The topological polar surface area (TPSA) is 18.5 Å². The molecular formula is C10H23N3. The molecule has 1 heterocycles. The van der Waals surface area contributed by atoms with Gasteiger partial charge in [0.15, 0.2) is 0 Å². The van der Waals surface area contributed by atoms with E-state index in [1.54, 1.807) is 0 Å². The normalized spacial score (nSPS) is 25.4. The van der Waals surface area contributed by atoms with Crippen molar-refractivity contribution in [3.63, 3.8) is 0 Å². The van der Waals surface area contributed by atoms with Gasteiger partial charge in [-0.3, -0.25) is 4.90 Å². The molecule has 0 amide bonds. The molecule has 0 aromatic rings. The fourth-order valence-electron chi connectivity index (χ4n) is 1.85. The van der Waals surface area contributed by atoms with Crippen LogP contribution in [0.15, 0.2) is 0 Å². The molecule has 0 aliphatic carbocycles. The number of hydrogen-bond donors (Lipinski definition) is 1. The molecule has 0 aromatic carbocycles. The van der Waals surface area contributed by atoms with E-state index in [9.17, 15) is 0 Å². The number of rotatable bonds is 4. The lowest BCUT2D eigenvalue weighted by Crippen LogP contribution is -2.53. The van der Waals surface area contributed by atoms with Crippen molar-refractivity contribution in [3.8, 4) is 0 Å². The Hall–Kier alpha value is -0.120. The third-order valence-electron chi connectivity index (χ3n) is 3.01. The minimum absolute atomic E-state index is 0.702. The molecule has 78 valence electrons. The van der Waals surface area contributed by atoms with E-state index in [0.29, 0.717) is 6.04 Å². The van der Waals surface area contributed by atoms with Gasteiger partial charge in [-0.15, -0.1) is 0 Å². The summed E-state index contributed by atoms with van der Waals surface area (Å²) in [6.45, 7) is 11.5. The summed E-state index contributed by atoms with van der Waals surface area (Å²) in [6, 6.07) is 0.702. The first-order valence-corrected chi connectivity index (χ1v) is 5.41. The van der Waals surface area contributed by atoms with Crippen molar-refractivity contribution < 1.29 is 0 Å². The minimum atomic E-state index is 0.702. The van der Waals surface area contributed by atoms with Crippen LogP contribution in [0.4, 0.5) is 0 Å². The summed E-state index contributed by atoms with van der Waals surface area (Å²) >= 11 is 0. The highest BCUT2D eigenvalue weighted by Gasteiger charge is 2.19. The van der Waals surface area contributed by atoms with Crippen LogP contribution in [0.3, 0.4) is 0 Å². The number of hydrogen-bond acceptors (Lipinski definition) is 3. The van der Waals surface area contributed by atoms with Crippen LogP contribution < -0.4 is 5.32 Å². The standard InChI is InChI=1S/C10H23N3/c1-4-13(5-2)9-10-8-11-6-7-12(10)3/h10-11H,4-9H2,1-3H3. The lowest BCUT2D eigenvalue weighted by atomic mass is 10.2. The third-order valence-corrected chi connectivity index (χ3v) is 3.01. The van der Waals surface area contributed by atoms with E-state index >= 15 is 0 Å². The van der Waals surface area contributed by atoms with Gasteiger partial charge in [0.05, 0.1) is 0 Å². The third kappa shape index (κ3) is 3.25. The highest BCUT2D eigenvalue weighted by molar-refractivity contribution is 4.79. The van der Waals surface area contributed by atoms with E-state index in [2.05, 4.69) is 36.0 Å². The molecule has 0 saturated carbocycles. The number of nitrogens with zero attached hydrogens (tertiary/aromatic N) is 2. The van der Waals surface area contributed by atoms with Crippen LogP contribution in [0.2, 0.25) is 0 Å². The maximum absolute atomic E-state index is 3.45. The first-order valence-electron chi connectivity index (χ1n) is 5.41. The van der Waals surface area contributed by atoms with Crippen molar-refractivity contribution in [2.45, 2.75) is 19.9 Å². The van der Waals surface area contributed by atoms with E-state index in [0.717, 1.165) is 13.1 Å². The zero-order valence-corrected chi connectivity index (χ0v) is 9.21. The van der Waals surface area contributed by atoms with Crippen molar-refractivity contribution >= 4 is 0 Å². The molecule has 0 bridgehead atoms. The van der Waals surface area contributed by atoms with E-state index < -0.39 is 0 Å². The van der Waals surface area contributed by atoms with Crippen LogP contribution in [-0.4, -0.2) is 62.2 Å². The summed E-state index contributed by atoms with van der Waals surface area (Å²) in [5.41, 5.74) is 0. The zero-order chi connectivity index (χ0) is 9.68. The van der Waals surface area contributed by atoms with Gasteiger partial charge in [0.2, 0.25) is 0 Å². The SMILES string of the molecule is CCN(CC)CC1CNCCN1C. The van der Waals surface area contributed by atoms with E-state index in [1.807, 2.05) is 0 Å². The van der Waals surface area contributed by atoms with Gasteiger partial charge in [-0.05, 0) is 20.1 Å². The van der Waals surface area contributed by atoms with Crippen LogP contribution >= 0.6 is 0 Å². The second-order valence-corrected chi connectivity index (χ2v) is 3.82. The molecule has 1 N–H and O–H groups in total. The maximum atomic E-state index is 3.45. The van der Waals surface area contributed by atoms with Crippen LogP contribution in [0.5, 0.6) is 0 Å². The summed E-state index contributed by atoms with van der Waals surface area (Å²) in [5.74, 6) is 0. The molecule has 0 spiro atoms. The van der Waals surface area contributed by atoms with Gasteiger partial charge in [0.1, 0.15) is 0 Å². The average Bonchev–Trinajstić information content (AvgIpc) is 2.17. The molecule has 1 unspecified atom stereocenters. The summed E-state index contributed by atoms with van der Waals surface area (Å²) < 4.78 is 0. The van der Waals surface area contributed by atoms with Crippen molar-refractivity contribution in [2.75, 3.05) is 46.3 Å². The lowest BCUT2D eigenvalue weighted by Gasteiger charge is -2.36. The number of piperazine rings is 1. The van der Waals surface area contributed by atoms with E-state index in [-0.39, 0.29) is 0 Å². The first kappa shape index (κ1) is 11.0. The van der Waals surface area contributed by atoms with Gasteiger partial charge in [0.25, 0.3) is 0 Å². The molecule has 3 nitrogen and oxygen atoms in total. The Morgan fingerprint density at radius 2 is 2.08 bits per heavy atom. The molecule has 1 atom stereocenters. The van der Waals surface area contributed by atoms with E-state index in [4.69, 9.17) is 0 Å². The number of nitrogens with one attached hydrogen (secondary N) is 1. The Bertz CT molecular complexity index is 134. The molecule has 3 heteroatoms. The smallest absolute Gasteiger partial charge is 0.0345 e. The largest absolute Gasteiger partial charge is 0.314 e.